The summed E-state index contributed by atoms with van der Waals surface area (Å²) in [6, 6.07) is 8.02. The van der Waals surface area contributed by atoms with E-state index < -0.39 is 36.3 Å². The number of nitrogens with zero attached hydrogens (tertiary/aromatic N) is 5. The number of carboxylic acid groups (broad SMARTS) is 2. The molecule has 1 atom stereocenters. The lowest BCUT2D eigenvalue weighted by molar-refractivity contribution is -0.150. The van der Waals surface area contributed by atoms with Crippen molar-refractivity contribution in [3.63, 3.8) is 0 Å². The highest BCUT2D eigenvalue weighted by molar-refractivity contribution is 5.73. The fraction of sp³-hybridized carbons (Fsp3) is 0.355. The Morgan fingerprint density at radius 3 is 2.54 bits per heavy atom. The molecular weight excluding hydrogens is 598 g/mol. The molecule has 0 saturated heterocycles. The molecule has 4 aromatic rings. The Morgan fingerprint density at radius 1 is 1.09 bits per heavy atom. The number of hydrogen-bond acceptors (Lipinski definition) is 10. The summed E-state index contributed by atoms with van der Waals surface area (Å²) in [5.41, 5.74) is 1.92. The molecule has 1 aromatic carbocycles. The number of aryl methyl sites for hydroxylation is 1. The lowest BCUT2D eigenvalue weighted by Gasteiger charge is -2.17. The van der Waals surface area contributed by atoms with Crippen LogP contribution in [-0.4, -0.2) is 69.8 Å². The molecule has 242 valence electrons. The number of aromatic amines is 2. The lowest BCUT2D eigenvalue weighted by atomic mass is 9.90. The highest BCUT2D eigenvalue weighted by atomic mass is 16.7. The van der Waals surface area contributed by atoms with E-state index in [-0.39, 0.29) is 41.3 Å². The maximum Gasteiger partial charge on any atom is 0.328 e. The first-order valence-corrected chi connectivity index (χ1v) is 14.5. The van der Waals surface area contributed by atoms with Crippen LogP contribution in [0.2, 0.25) is 0 Å². The Morgan fingerprint density at radius 2 is 1.85 bits per heavy atom. The molecule has 0 aliphatic heterocycles. The van der Waals surface area contributed by atoms with Crippen molar-refractivity contribution in [2.24, 2.45) is 0 Å². The molecule has 0 aliphatic carbocycles. The SMILES string of the molecule is CC(C)(C)c1[nH]cnc1/C=c1\[nH]c(=O)/c(=C/c2ccccc2)nc1OCOC(=O)CCCc1cn(C(CCC(=O)O)C(=O)O)nn1. The molecule has 0 saturated carbocycles. The molecule has 0 amide bonds. The van der Waals surface area contributed by atoms with Crippen LogP contribution in [0, 0.1) is 0 Å². The van der Waals surface area contributed by atoms with Gasteiger partial charge in [-0.1, -0.05) is 56.3 Å². The number of aliphatic carboxylic acids is 2. The van der Waals surface area contributed by atoms with Crippen molar-refractivity contribution in [2.45, 2.75) is 64.3 Å². The number of esters is 1. The van der Waals surface area contributed by atoms with Crippen LogP contribution in [0.4, 0.5) is 0 Å². The number of imidazole rings is 1. The van der Waals surface area contributed by atoms with Crippen LogP contribution in [0.15, 0.2) is 47.7 Å². The number of aromatic nitrogens is 7. The summed E-state index contributed by atoms with van der Waals surface area (Å²) in [6.07, 6.45) is 6.38. The second kappa shape index (κ2) is 14.9. The number of benzene rings is 1. The van der Waals surface area contributed by atoms with E-state index in [2.05, 4.69) is 30.2 Å². The van der Waals surface area contributed by atoms with Gasteiger partial charge in [-0.05, 0) is 37.0 Å². The van der Waals surface area contributed by atoms with Crippen molar-refractivity contribution in [1.82, 2.24) is 34.9 Å². The van der Waals surface area contributed by atoms with E-state index in [1.807, 2.05) is 51.1 Å². The maximum atomic E-state index is 13.0. The van der Waals surface area contributed by atoms with Gasteiger partial charge in [0.25, 0.3) is 5.56 Å². The van der Waals surface area contributed by atoms with Crippen molar-refractivity contribution in [1.29, 1.82) is 0 Å². The van der Waals surface area contributed by atoms with Crippen LogP contribution in [0.1, 0.15) is 75.1 Å². The van der Waals surface area contributed by atoms with E-state index >= 15 is 0 Å². The Kier molecular flexibility index (Phi) is 10.8. The second-order valence-corrected chi connectivity index (χ2v) is 11.4. The first kappa shape index (κ1) is 33.3. The van der Waals surface area contributed by atoms with E-state index in [9.17, 15) is 24.3 Å². The van der Waals surface area contributed by atoms with Crippen LogP contribution in [-0.2, 0) is 31.0 Å². The molecule has 4 rings (SSSR count). The van der Waals surface area contributed by atoms with Crippen molar-refractivity contribution in [3.05, 3.63) is 86.6 Å². The molecule has 46 heavy (non-hydrogen) atoms. The van der Waals surface area contributed by atoms with Crippen molar-refractivity contribution >= 4 is 30.1 Å². The number of hydrogen-bond donors (Lipinski definition) is 4. The summed E-state index contributed by atoms with van der Waals surface area (Å²) in [5, 5.41) is 26.3. The summed E-state index contributed by atoms with van der Waals surface area (Å²) >= 11 is 0. The fourth-order valence-corrected chi connectivity index (χ4v) is 4.47. The molecular formula is C31H35N7O8. The highest BCUT2D eigenvalue weighted by Crippen LogP contribution is 2.23. The smallest absolute Gasteiger partial charge is 0.328 e. The second-order valence-electron chi connectivity index (χ2n) is 11.4. The third-order valence-corrected chi connectivity index (χ3v) is 6.76. The fourth-order valence-electron chi connectivity index (χ4n) is 4.47. The minimum absolute atomic E-state index is 0.00484. The van der Waals surface area contributed by atoms with Crippen LogP contribution in [0.25, 0.3) is 12.2 Å². The molecule has 0 bridgehead atoms. The summed E-state index contributed by atoms with van der Waals surface area (Å²) in [7, 11) is 0. The largest absolute Gasteiger partial charge is 0.481 e. The molecule has 15 heteroatoms. The Balaban J connectivity index is 1.43. The molecule has 0 aliphatic rings. The number of ether oxygens (including phenoxy) is 2. The summed E-state index contributed by atoms with van der Waals surface area (Å²) in [4.78, 5) is 62.5. The van der Waals surface area contributed by atoms with Gasteiger partial charge in [0, 0.05) is 30.1 Å². The van der Waals surface area contributed by atoms with E-state index in [1.165, 1.54) is 6.20 Å². The number of rotatable bonds is 14. The topological polar surface area (TPSA) is 215 Å². The number of carboxylic acids is 2. The van der Waals surface area contributed by atoms with Gasteiger partial charge in [0.1, 0.15) is 10.7 Å². The third-order valence-electron chi connectivity index (χ3n) is 6.76. The first-order valence-electron chi connectivity index (χ1n) is 14.5. The van der Waals surface area contributed by atoms with Gasteiger partial charge in [-0.25, -0.2) is 19.4 Å². The van der Waals surface area contributed by atoms with Crippen LogP contribution in [0.5, 0.6) is 5.88 Å². The summed E-state index contributed by atoms with van der Waals surface area (Å²) in [5.74, 6) is -2.86. The van der Waals surface area contributed by atoms with Gasteiger partial charge < -0.3 is 29.7 Å². The number of H-pyrrole nitrogens is 2. The zero-order valence-electron chi connectivity index (χ0n) is 25.6. The van der Waals surface area contributed by atoms with Gasteiger partial charge in [-0.2, -0.15) is 0 Å². The Labute approximate surface area is 262 Å². The zero-order chi connectivity index (χ0) is 33.3. The number of carbonyl (C=O) groups excluding carboxylic acids is 1. The predicted octanol–water partition coefficient (Wildman–Crippen LogP) is 1.43. The zero-order valence-corrected chi connectivity index (χ0v) is 25.6. The maximum absolute atomic E-state index is 13.0. The minimum atomic E-state index is -1.22. The highest BCUT2D eigenvalue weighted by Gasteiger charge is 2.23. The number of carbonyl (C=O) groups is 3. The van der Waals surface area contributed by atoms with Crippen LogP contribution in [0.3, 0.4) is 0 Å². The van der Waals surface area contributed by atoms with Gasteiger partial charge in [-0.15, -0.1) is 5.10 Å². The molecule has 3 heterocycles. The normalized spacial score (nSPS) is 13.0. The summed E-state index contributed by atoms with van der Waals surface area (Å²) < 4.78 is 12.1. The average molecular weight is 634 g/mol. The molecule has 0 fully saturated rings. The van der Waals surface area contributed by atoms with Gasteiger partial charge in [0.15, 0.2) is 6.04 Å². The third kappa shape index (κ3) is 9.20. The Hall–Kier alpha value is -5.60. The molecule has 1 unspecified atom stereocenters. The molecule has 0 spiro atoms. The van der Waals surface area contributed by atoms with E-state index in [0.29, 0.717) is 24.2 Å². The molecule has 4 N–H and O–H groups in total. The lowest BCUT2D eigenvalue weighted by Crippen LogP contribution is -2.38. The van der Waals surface area contributed by atoms with Crippen LogP contribution < -0.4 is 21.0 Å². The van der Waals surface area contributed by atoms with E-state index in [0.717, 1.165) is 15.9 Å². The average Bonchev–Trinajstić information content (AvgIpc) is 3.66. The van der Waals surface area contributed by atoms with Crippen molar-refractivity contribution in [2.75, 3.05) is 6.79 Å². The number of nitrogens with one attached hydrogen (secondary N) is 2. The molecule has 15 nitrogen and oxygen atoms in total. The first-order chi connectivity index (χ1) is 21.9. The van der Waals surface area contributed by atoms with Gasteiger partial charge in [-0.3, -0.25) is 14.4 Å². The predicted molar refractivity (Wildman–Crippen MR) is 163 cm³/mol. The van der Waals surface area contributed by atoms with Gasteiger partial charge in [0.05, 0.1) is 17.7 Å². The Bertz CT molecular complexity index is 1860. The molecule has 0 radical (unpaired) electrons. The standard InChI is InChI=1S/C31H35N7O8/c1-31(2,3)27-21(32-17-33-27)15-23-29(35-22(28(42)34-23)14-19-8-5-4-6-9-19)46-18-45-26(41)11-7-10-20-16-38(37-36-20)24(30(43)44)12-13-25(39)40/h4-6,8-9,14-17,24H,7,10-13,18H2,1-3H3,(H,32,33)(H,34,42)(H,39,40)(H,43,44)/b22-14-,23-15-. The van der Waals surface area contributed by atoms with Gasteiger partial charge in [0.2, 0.25) is 12.7 Å². The van der Waals surface area contributed by atoms with Crippen molar-refractivity contribution in [3.8, 4) is 5.88 Å². The van der Waals surface area contributed by atoms with Crippen molar-refractivity contribution < 1.29 is 34.1 Å². The monoisotopic (exact) mass is 633 g/mol. The van der Waals surface area contributed by atoms with E-state index in [1.54, 1.807) is 18.5 Å². The minimum Gasteiger partial charge on any atom is -0.481 e. The van der Waals surface area contributed by atoms with Crippen LogP contribution >= 0.6 is 0 Å². The molecule has 3 aromatic heterocycles. The van der Waals surface area contributed by atoms with E-state index in [4.69, 9.17) is 14.6 Å². The quantitative estimate of drug-likeness (QED) is 0.115. The van der Waals surface area contributed by atoms with Gasteiger partial charge >= 0.3 is 17.9 Å². The summed E-state index contributed by atoms with van der Waals surface area (Å²) in [6.45, 7) is 5.58.